The fourth-order valence-corrected chi connectivity index (χ4v) is 1.97. The summed E-state index contributed by atoms with van der Waals surface area (Å²) in [7, 11) is 0. The van der Waals surface area contributed by atoms with Gasteiger partial charge in [0.15, 0.2) is 0 Å². The topological polar surface area (TPSA) is 38.0 Å². The summed E-state index contributed by atoms with van der Waals surface area (Å²) >= 11 is 0. The van der Waals surface area contributed by atoms with E-state index in [1.54, 1.807) is 6.07 Å². The lowest BCUT2D eigenvalue weighted by Crippen LogP contribution is -2.01. The van der Waals surface area contributed by atoms with Gasteiger partial charge in [0, 0.05) is 5.69 Å². The second-order valence-corrected chi connectivity index (χ2v) is 4.32. The molecule has 0 radical (unpaired) electrons. The maximum Gasteiger partial charge on any atom is 0.125 e. The summed E-state index contributed by atoms with van der Waals surface area (Å²) < 4.78 is 13.2. The van der Waals surface area contributed by atoms with Crippen LogP contribution in [-0.2, 0) is 6.42 Å². The zero-order chi connectivity index (χ0) is 13.1. The molecule has 0 aliphatic carbocycles. The highest BCUT2D eigenvalue weighted by atomic mass is 19.1. The number of nitrogens with one attached hydrogen (secondary N) is 1. The molecule has 0 fully saturated rings. The highest BCUT2D eigenvalue weighted by molar-refractivity contribution is 5.75. The number of hydrogen-bond donors (Lipinski definition) is 2. The second-order valence-electron chi connectivity index (χ2n) is 4.32. The van der Waals surface area contributed by atoms with Gasteiger partial charge in [-0.05, 0) is 42.7 Å². The molecule has 2 aromatic rings. The Balaban J connectivity index is 2.42. The van der Waals surface area contributed by atoms with Gasteiger partial charge in [-0.3, -0.25) is 0 Å². The molecular formula is C15H17FN2. The Kier molecular flexibility index (Phi) is 3.51. The first-order valence-electron chi connectivity index (χ1n) is 6.02. The standard InChI is InChI=1S/C15H17FN2/c1-3-11-6-4-5-10(2)15(11)18-14-9-12(16)7-8-13(14)17/h4-9,18H,3,17H2,1-2H3. The molecule has 0 bridgehead atoms. The minimum atomic E-state index is -0.293. The normalized spacial score (nSPS) is 10.4. The molecular weight excluding hydrogens is 227 g/mol. The molecule has 2 nitrogen and oxygen atoms in total. The van der Waals surface area contributed by atoms with Gasteiger partial charge in [-0.15, -0.1) is 0 Å². The number of rotatable bonds is 3. The van der Waals surface area contributed by atoms with E-state index in [0.717, 1.165) is 17.7 Å². The first kappa shape index (κ1) is 12.4. The van der Waals surface area contributed by atoms with E-state index >= 15 is 0 Å². The van der Waals surface area contributed by atoms with Crippen LogP contribution < -0.4 is 11.1 Å². The minimum Gasteiger partial charge on any atom is -0.397 e. The van der Waals surface area contributed by atoms with E-state index in [1.165, 1.54) is 17.7 Å². The van der Waals surface area contributed by atoms with Crippen molar-refractivity contribution in [3.63, 3.8) is 0 Å². The van der Waals surface area contributed by atoms with Crippen molar-refractivity contribution in [2.75, 3.05) is 11.1 Å². The minimum absolute atomic E-state index is 0.293. The van der Waals surface area contributed by atoms with Crippen LogP contribution in [0, 0.1) is 12.7 Å². The molecule has 0 aromatic heterocycles. The van der Waals surface area contributed by atoms with Crippen molar-refractivity contribution < 1.29 is 4.39 Å². The monoisotopic (exact) mass is 244 g/mol. The Morgan fingerprint density at radius 1 is 1.22 bits per heavy atom. The van der Waals surface area contributed by atoms with E-state index in [-0.39, 0.29) is 5.82 Å². The van der Waals surface area contributed by atoms with E-state index in [2.05, 4.69) is 18.3 Å². The van der Waals surface area contributed by atoms with Crippen LogP contribution in [0.2, 0.25) is 0 Å². The Bertz CT molecular complexity index is 564. The van der Waals surface area contributed by atoms with Gasteiger partial charge in [-0.1, -0.05) is 25.1 Å². The van der Waals surface area contributed by atoms with Gasteiger partial charge in [-0.2, -0.15) is 0 Å². The molecule has 3 N–H and O–H groups in total. The van der Waals surface area contributed by atoms with Crippen molar-refractivity contribution in [3.8, 4) is 0 Å². The third-order valence-electron chi connectivity index (χ3n) is 3.01. The highest BCUT2D eigenvalue weighted by Gasteiger charge is 2.07. The number of hydrogen-bond acceptors (Lipinski definition) is 2. The SMILES string of the molecule is CCc1cccc(C)c1Nc1cc(F)ccc1N. The number of benzene rings is 2. The number of halogens is 1. The fourth-order valence-electron chi connectivity index (χ4n) is 1.97. The van der Waals surface area contributed by atoms with Crippen molar-refractivity contribution in [3.05, 3.63) is 53.3 Å². The lowest BCUT2D eigenvalue weighted by atomic mass is 10.1. The number of anilines is 3. The lowest BCUT2D eigenvalue weighted by Gasteiger charge is -2.15. The van der Waals surface area contributed by atoms with E-state index < -0.39 is 0 Å². The maximum atomic E-state index is 13.2. The van der Waals surface area contributed by atoms with Crippen LogP contribution in [0.1, 0.15) is 18.1 Å². The molecule has 0 saturated heterocycles. The second kappa shape index (κ2) is 5.08. The van der Waals surface area contributed by atoms with Crippen LogP contribution in [0.25, 0.3) is 0 Å². The predicted molar refractivity (Wildman–Crippen MR) is 74.7 cm³/mol. The fraction of sp³-hybridized carbons (Fsp3) is 0.200. The molecule has 0 saturated carbocycles. The van der Waals surface area contributed by atoms with Crippen LogP contribution in [0.4, 0.5) is 21.5 Å². The summed E-state index contributed by atoms with van der Waals surface area (Å²) in [5.74, 6) is -0.293. The molecule has 0 heterocycles. The molecule has 94 valence electrons. The van der Waals surface area contributed by atoms with Crippen LogP contribution >= 0.6 is 0 Å². The van der Waals surface area contributed by atoms with Crippen molar-refractivity contribution in [1.82, 2.24) is 0 Å². The molecule has 0 aliphatic rings. The zero-order valence-corrected chi connectivity index (χ0v) is 10.6. The van der Waals surface area contributed by atoms with Crippen LogP contribution in [0.3, 0.4) is 0 Å². The van der Waals surface area contributed by atoms with Crippen molar-refractivity contribution >= 4 is 17.1 Å². The average molecular weight is 244 g/mol. The molecule has 18 heavy (non-hydrogen) atoms. The number of aryl methyl sites for hydroxylation is 2. The Morgan fingerprint density at radius 3 is 2.72 bits per heavy atom. The van der Waals surface area contributed by atoms with E-state index in [4.69, 9.17) is 5.73 Å². The Labute approximate surface area is 107 Å². The number of nitrogens with two attached hydrogens (primary N) is 1. The molecule has 0 spiro atoms. The molecule has 3 heteroatoms. The third kappa shape index (κ3) is 2.45. The van der Waals surface area contributed by atoms with Gasteiger partial charge in [0.2, 0.25) is 0 Å². The number of para-hydroxylation sites is 1. The maximum absolute atomic E-state index is 13.2. The van der Waals surface area contributed by atoms with E-state index in [0.29, 0.717) is 11.4 Å². The summed E-state index contributed by atoms with van der Waals surface area (Å²) in [5.41, 5.74) is 10.3. The summed E-state index contributed by atoms with van der Waals surface area (Å²) in [4.78, 5) is 0. The van der Waals surface area contributed by atoms with E-state index in [9.17, 15) is 4.39 Å². The first-order chi connectivity index (χ1) is 8.61. The lowest BCUT2D eigenvalue weighted by molar-refractivity contribution is 0.628. The Morgan fingerprint density at radius 2 is 2.00 bits per heavy atom. The largest absolute Gasteiger partial charge is 0.397 e. The van der Waals surface area contributed by atoms with Gasteiger partial charge < -0.3 is 11.1 Å². The van der Waals surface area contributed by atoms with Crippen LogP contribution in [-0.4, -0.2) is 0 Å². The molecule has 0 unspecified atom stereocenters. The molecule has 2 aromatic carbocycles. The quantitative estimate of drug-likeness (QED) is 0.800. The summed E-state index contributed by atoms with van der Waals surface area (Å²) in [6.45, 7) is 4.12. The summed E-state index contributed by atoms with van der Waals surface area (Å²) in [5, 5.41) is 3.24. The smallest absolute Gasteiger partial charge is 0.125 e. The predicted octanol–water partition coefficient (Wildman–Crippen LogP) is 4.02. The van der Waals surface area contributed by atoms with Gasteiger partial charge in [0.25, 0.3) is 0 Å². The van der Waals surface area contributed by atoms with Gasteiger partial charge >= 0.3 is 0 Å². The highest BCUT2D eigenvalue weighted by Crippen LogP contribution is 2.28. The summed E-state index contributed by atoms with van der Waals surface area (Å²) in [6.07, 6.45) is 0.916. The van der Waals surface area contributed by atoms with Gasteiger partial charge in [0.05, 0.1) is 11.4 Å². The third-order valence-corrected chi connectivity index (χ3v) is 3.01. The first-order valence-corrected chi connectivity index (χ1v) is 6.02. The van der Waals surface area contributed by atoms with Crippen LogP contribution in [0.5, 0.6) is 0 Å². The van der Waals surface area contributed by atoms with Crippen LogP contribution in [0.15, 0.2) is 36.4 Å². The molecule has 0 atom stereocenters. The molecule has 0 amide bonds. The van der Waals surface area contributed by atoms with Gasteiger partial charge in [-0.25, -0.2) is 4.39 Å². The zero-order valence-electron chi connectivity index (χ0n) is 10.6. The number of nitrogen functional groups attached to an aromatic ring is 1. The van der Waals surface area contributed by atoms with E-state index in [1.807, 2.05) is 19.1 Å². The van der Waals surface area contributed by atoms with Crippen molar-refractivity contribution in [1.29, 1.82) is 0 Å². The summed E-state index contributed by atoms with van der Waals surface area (Å²) in [6, 6.07) is 10.5. The molecule has 0 aliphatic heterocycles. The van der Waals surface area contributed by atoms with Gasteiger partial charge in [0.1, 0.15) is 5.82 Å². The Hall–Kier alpha value is -2.03. The van der Waals surface area contributed by atoms with Crippen molar-refractivity contribution in [2.45, 2.75) is 20.3 Å². The molecule has 2 rings (SSSR count). The van der Waals surface area contributed by atoms with Crippen molar-refractivity contribution in [2.24, 2.45) is 0 Å². The average Bonchev–Trinajstić information content (AvgIpc) is 2.36.